The first-order chi connectivity index (χ1) is 13.4. The maximum atomic E-state index is 12.8. The zero-order valence-electron chi connectivity index (χ0n) is 14.6. The summed E-state index contributed by atoms with van der Waals surface area (Å²) in [5.74, 6) is 0.718. The Morgan fingerprint density at radius 1 is 1.07 bits per heavy atom. The number of hydrogen-bond donors (Lipinski definition) is 2. The number of carbonyl (C=O) groups excluding carboxylic acids is 1. The van der Waals surface area contributed by atoms with Crippen LogP contribution in [-0.2, 0) is 11.0 Å². The van der Waals surface area contributed by atoms with Gasteiger partial charge in [-0.1, -0.05) is 12.1 Å². The maximum Gasteiger partial charge on any atom is 0.416 e. The zero-order chi connectivity index (χ0) is 19.7. The van der Waals surface area contributed by atoms with Crippen LogP contribution in [0.5, 0.6) is 0 Å². The molecule has 1 aliphatic rings. The van der Waals surface area contributed by atoms with Gasteiger partial charge < -0.3 is 10.6 Å². The lowest BCUT2D eigenvalue weighted by Crippen LogP contribution is -2.18. The van der Waals surface area contributed by atoms with E-state index in [-0.39, 0.29) is 11.8 Å². The number of aromatic nitrogens is 3. The topological polar surface area (TPSA) is 79.8 Å². The molecule has 1 aliphatic heterocycles. The van der Waals surface area contributed by atoms with E-state index in [0.717, 1.165) is 12.1 Å². The van der Waals surface area contributed by atoms with Gasteiger partial charge in [0.25, 0.3) is 0 Å². The summed E-state index contributed by atoms with van der Waals surface area (Å²) in [5.41, 5.74) is 1.53. The monoisotopic (exact) mass is 387 g/mol. The van der Waals surface area contributed by atoms with Crippen molar-refractivity contribution in [3.05, 3.63) is 48.4 Å². The van der Waals surface area contributed by atoms with Crippen molar-refractivity contribution in [3.8, 4) is 11.1 Å². The van der Waals surface area contributed by atoms with E-state index in [0.29, 0.717) is 47.5 Å². The van der Waals surface area contributed by atoms with Gasteiger partial charge >= 0.3 is 6.18 Å². The van der Waals surface area contributed by atoms with Gasteiger partial charge in [-0.15, -0.1) is 0 Å². The van der Waals surface area contributed by atoms with Crippen LogP contribution in [0.1, 0.15) is 12.0 Å². The second-order valence-electron chi connectivity index (χ2n) is 6.60. The van der Waals surface area contributed by atoms with E-state index in [1.807, 2.05) is 0 Å². The summed E-state index contributed by atoms with van der Waals surface area (Å²) in [6.07, 6.45) is 0.703. The fourth-order valence-electron chi connectivity index (χ4n) is 3.19. The summed E-state index contributed by atoms with van der Waals surface area (Å²) < 4.78 is 38.4. The highest BCUT2D eigenvalue weighted by Gasteiger charge is 2.30. The Bertz CT molecular complexity index is 1020. The molecule has 4 rings (SSSR count). The summed E-state index contributed by atoms with van der Waals surface area (Å²) in [6.45, 7) is 1.16. The Balaban J connectivity index is 1.65. The molecule has 1 unspecified atom stereocenters. The maximum absolute atomic E-state index is 12.8. The van der Waals surface area contributed by atoms with Crippen LogP contribution in [0.2, 0.25) is 0 Å². The second-order valence-corrected chi connectivity index (χ2v) is 6.60. The summed E-state index contributed by atoms with van der Waals surface area (Å²) in [4.78, 5) is 24.4. The highest BCUT2D eigenvalue weighted by atomic mass is 19.4. The predicted octanol–water partition coefficient (Wildman–Crippen LogP) is 3.26. The number of pyridine rings is 1. The Labute approximate surface area is 158 Å². The van der Waals surface area contributed by atoms with Crippen LogP contribution in [0, 0.1) is 5.92 Å². The number of alkyl halides is 3. The summed E-state index contributed by atoms with van der Waals surface area (Å²) >= 11 is 0. The normalized spacial score (nSPS) is 17.0. The number of halogens is 3. The van der Waals surface area contributed by atoms with Crippen LogP contribution in [0.3, 0.4) is 0 Å². The Morgan fingerprint density at radius 3 is 2.43 bits per heavy atom. The number of anilines is 1. The highest BCUT2D eigenvalue weighted by Crippen LogP contribution is 2.33. The van der Waals surface area contributed by atoms with E-state index in [9.17, 15) is 18.0 Å². The lowest BCUT2D eigenvalue weighted by atomic mass is 10.0. The first-order valence-corrected chi connectivity index (χ1v) is 8.70. The minimum atomic E-state index is -4.39. The molecule has 0 radical (unpaired) electrons. The molecule has 144 valence electrons. The molecule has 3 aromatic rings. The molecule has 6 nitrogen and oxygen atoms in total. The average Bonchev–Trinajstić information content (AvgIpc) is 3.11. The van der Waals surface area contributed by atoms with E-state index in [1.54, 1.807) is 6.20 Å². The number of fused-ring (bicyclic) bond motifs is 1. The molecule has 1 fully saturated rings. The SMILES string of the molecule is O=C1CC(CNc2ncc(-c3ccc(C(F)(F)F)cc3)c3nccnc23)CN1. The van der Waals surface area contributed by atoms with Crippen molar-refractivity contribution in [2.75, 3.05) is 18.4 Å². The Morgan fingerprint density at radius 2 is 1.79 bits per heavy atom. The van der Waals surface area contributed by atoms with Crippen molar-refractivity contribution in [3.63, 3.8) is 0 Å². The van der Waals surface area contributed by atoms with Crippen molar-refractivity contribution >= 4 is 22.8 Å². The molecule has 1 amide bonds. The van der Waals surface area contributed by atoms with E-state index >= 15 is 0 Å². The van der Waals surface area contributed by atoms with Crippen LogP contribution in [-0.4, -0.2) is 33.9 Å². The fraction of sp³-hybridized carbons (Fsp3) is 0.263. The third-order valence-electron chi connectivity index (χ3n) is 4.64. The largest absolute Gasteiger partial charge is 0.416 e. The zero-order valence-corrected chi connectivity index (χ0v) is 14.6. The Hall–Kier alpha value is -3.23. The number of carbonyl (C=O) groups is 1. The number of nitrogens with one attached hydrogen (secondary N) is 2. The smallest absolute Gasteiger partial charge is 0.368 e. The van der Waals surface area contributed by atoms with Crippen molar-refractivity contribution in [1.29, 1.82) is 0 Å². The van der Waals surface area contributed by atoms with Gasteiger partial charge in [0.15, 0.2) is 5.82 Å². The molecule has 0 saturated carbocycles. The first-order valence-electron chi connectivity index (χ1n) is 8.70. The molecular formula is C19H16F3N5O. The molecule has 3 heterocycles. The lowest BCUT2D eigenvalue weighted by molar-refractivity contribution is -0.137. The number of hydrogen-bond acceptors (Lipinski definition) is 5. The standard InChI is InChI=1S/C19H16F3N5O/c20-19(21,22)13-3-1-12(2-4-13)14-10-27-18(17-16(14)23-5-6-24-17)26-9-11-7-15(28)25-8-11/h1-6,10-11H,7-9H2,(H,25,28)(H,26,27). The van der Waals surface area contributed by atoms with Crippen molar-refractivity contribution in [2.45, 2.75) is 12.6 Å². The molecular weight excluding hydrogens is 371 g/mol. The van der Waals surface area contributed by atoms with Crippen LogP contribution >= 0.6 is 0 Å². The molecule has 2 N–H and O–H groups in total. The van der Waals surface area contributed by atoms with Crippen molar-refractivity contribution in [2.24, 2.45) is 5.92 Å². The fourth-order valence-corrected chi connectivity index (χ4v) is 3.19. The average molecular weight is 387 g/mol. The minimum Gasteiger partial charge on any atom is -0.368 e. The Kier molecular flexibility index (Phi) is 4.58. The van der Waals surface area contributed by atoms with Crippen LogP contribution in [0.4, 0.5) is 19.0 Å². The molecule has 1 saturated heterocycles. The highest BCUT2D eigenvalue weighted by molar-refractivity contribution is 5.96. The van der Waals surface area contributed by atoms with Gasteiger partial charge in [0.1, 0.15) is 11.0 Å². The van der Waals surface area contributed by atoms with Gasteiger partial charge in [-0.2, -0.15) is 13.2 Å². The quantitative estimate of drug-likeness (QED) is 0.718. The molecule has 1 aromatic carbocycles. The first kappa shape index (κ1) is 18.1. The molecule has 1 atom stereocenters. The third kappa shape index (κ3) is 3.60. The molecule has 0 spiro atoms. The number of nitrogens with zero attached hydrogens (tertiary/aromatic N) is 3. The lowest BCUT2D eigenvalue weighted by Gasteiger charge is -2.13. The molecule has 2 aromatic heterocycles. The van der Waals surface area contributed by atoms with Crippen LogP contribution in [0.25, 0.3) is 22.2 Å². The van der Waals surface area contributed by atoms with E-state index < -0.39 is 11.7 Å². The van der Waals surface area contributed by atoms with Crippen molar-refractivity contribution in [1.82, 2.24) is 20.3 Å². The van der Waals surface area contributed by atoms with Gasteiger partial charge in [0.05, 0.1) is 5.56 Å². The van der Waals surface area contributed by atoms with Gasteiger partial charge in [-0.3, -0.25) is 9.78 Å². The second kappa shape index (κ2) is 7.06. The van der Waals surface area contributed by atoms with E-state index in [1.165, 1.54) is 24.5 Å². The molecule has 28 heavy (non-hydrogen) atoms. The number of rotatable bonds is 4. The molecule has 0 bridgehead atoms. The van der Waals surface area contributed by atoms with E-state index in [4.69, 9.17) is 0 Å². The minimum absolute atomic E-state index is 0.0297. The van der Waals surface area contributed by atoms with Crippen LogP contribution in [0.15, 0.2) is 42.9 Å². The van der Waals surface area contributed by atoms with Gasteiger partial charge in [0.2, 0.25) is 5.91 Å². The van der Waals surface area contributed by atoms with Crippen LogP contribution < -0.4 is 10.6 Å². The van der Waals surface area contributed by atoms with Gasteiger partial charge in [-0.25, -0.2) is 9.97 Å². The predicted molar refractivity (Wildman–Crippen MR) is 97.4 cm³/mol. The number of amides is 1. The van der Waals surface area contributed by atoms with E-state index in [2.05, 4.69) is 25.6 Å². The summed E-state index contributed by atoms with van der Waals surface area (Å²) in [5, 5.41) is 5.98. The summed E-state index contributed by atoms with van der Waals surface area (Å²) in [6, 6.07) is 4.87. The number of benzene rings is 1. The van der Waals surface area contributed by atoms with Gasteiger partial charge in [-0.05, 0) is 17.7 Å². The van der Waals surface area contributed by atoms with Crippen molar-refractivity contribution < 1.29 is 18.0 Å². The summed E-state index contributed by atoms with van der Waals surface area (Å²) in [7, 11) is 0. The molecule has 0 aliphatic carbocycles. The molecule has 9 heteroatoms. The third-order valence-corrected chi connectivity index (χ3v) is 4.64. The van der Waals surface area contributed by atoms with Gasteiger partial charge in [0, 0.05) is 49.6 Å².